The number of rotatable bonds is 2. The Hall–Kier alpha value is -1.96. The predicted molar refractivity (Wildman–Crippen MR) is 80.4 cm³/mol. The maximum Gasteiger partial charge on any atom is 0.261 e. The number of imide groups is 1. The number of carbonyl (C=O) groups excluding carboxylic acids is 2. The van der Waals surface area contributed by atoms with Crippen molar-refractivity contribution in [1.82, 2.24) is 9.88 Å². The van der Waals surface area contributed by atoms with Gasteiger partial charge in [-0.3, -0.25) is 19.3 Å². The minimum absolute atomic E-state index is 0.0131. The molecule has 0 saturated heterocycles. The first kappa shape index (κ1) is 13.0. The lowest BCUT2D eigenvalue weighted by Crippen LogP contribution is -2.32. The average molecular weight is 380 g/mol. The van der Waals surface area contributed by atoms with E-state index < -0.39 is 0 Å². The Kier molecular flexibility index (Phi) is 3.17. The summed E-state index contributed by atoms with van der Waals surface area (Å²) in [6.07, 6.45) is 1.54. The Morgan fingerprint density at radius 2 is 1.60 bits per heavy atom. The average Bonchev–Trinajstić information content (AvgIpc) is 2.68. The molecule has 0 fully saturated rings. The molecule has 100 valence electrons. The number of aromatic nitrogens is 1. The van der Waals surface area contributed by atoms with Gasteiger partial charge >= 0.3 is 0 Å². The summed E-state index contributed by atoms with van der Waals surface area (Å²) in [4.78, 5) is 39.9. The Balaban J connectivity index is 2.00. The van der Waals surface area contributed by atoms with Gasteiger partial charge in [-0.25, -0.2) is 0 Å². The lowest BCUT2D eigenvalue weighted by atomic mass is 10.1. The van der Waals surface area contributed by atoms with Crippen LogP contribution in [0.3, 0.4) is 0 Å². The fourth-order valence-electron chi connectivity index (χ4n) is 2.17. The van der Waals surface area contributed by atoms with Gasteiger partial charge in [-0.2, -0.15) is 0 Å². The molecule has 3 rings (SSSR count). The van der Waals surface area contributed by atoms with Gasteiger partial charge in [0.25, 0.3) is 17.4 Å². The van der Waals surface area contributed by atoms with Crippen LogP contribution in [0.25, 0.3) is 0 Å². The summed E-state index contributed by atoms with van der Waals surface area (Å²) in [6.45, 7) is -0.0131. The first-order chi connectivity index (χ1) is 9.59. The molecule has 0 spiro atoms. The van der Waals surface area contributed by atoms with Gasteiger partial charge in [0.1, 0.15) is 0 Å². The van der Waals surface area contributed by atoms with Crippen LogP contribution in [-0.2, 0) is 6.54 Å². The highest BCUT2D eigenvalue weighted by molar-refractivity contribution is 14.1. The molecule has 20 heavy (non-hydrogen) atoms. The third kappa shape index (κ3) is 1.96. The fourth-order valence-corrected chi connectivity index (χ4v) is 2.77. The van der Waals surface area contributed by atoms with Gasteiger partial charge in [0.15, 0.2) is 0 Å². The second-order valence-electron chi connectivity index (χ2n) is 4.38. The number of aromatic amines is 1. The SMILES string of the molecule is O=C1c2ccccc2C(=O)N1Cc1c(I)cc[nH]c1=O. The van der Waals surface area contributed by atoms with Crippen LogP contribution in [0.2, 0.25) is 0 Å². The monoisotopic (exact) mass is 380 g/mol. The molecule has 6 heteroatoms. The molecule has 5 nitrogen and oxygen atoms in total. The van der Waals surface area contributed by atoms with E-state index in [1.54, 1.807) is 30.3 Å². The van der Waals surface area contributed by atoms with Crippen LogP contribution in [-0.4, -0.2) is 21.7 Å². The van der Waals surface area contributed by atoms with Crippen LogP contribution < -0.4 is 5.56 Å². The van der Waals surface area contributed by atoms with Gasteiger partial charge in [-0.05, 0) is 40.8 Å². The van der Waals surface area contributed by atoms with E-state index in [1.165, 1.54) is 6.20 Å². The second kappa shape index (κ2) is 4.86. The van der Waals surface area contributed by atoms with E-state index in [4.69, 9.17) is 0 Å². The smallest absolute Gasteiger partial charge is 0.261 e. The quantitative estimate of drug-likeness (QED) is 0.638. The summed E-state index contributed by atoms with van der Waals surface area (Å²) in [6, 6.07) is 8.40. The third-order valence-electron chi connectivity index (χ3n) is 3.20. The van der Waals surface area contributed by atoms with Gasteiger partial charge in [0.2, 0.25) is 0 Å². The molecular weight excluding hydrogens is 371 g/mol. The molecule has 2 aromatic rings. The van der Waals surface area contributed by atoms with Crippen molar-refractivity contribution in [3.63, 3.8) is 0 Å². The van der Waals surface area contributed by atoms with Crippen molar-refractivity contribution in [2.24, 2.45) is 0 Å². The van der Waals surface area contributed by atoms with Gasteiger partial charge in [-0.15, -0.1) is 0 Å². The summed E-state index contributed by atoms with van der Waals surface area (Å²) in [5, 5.41) is 0. The number of hydrogen-bond donors (Lipinski definition) is 1. The van der Waals surface area contributed by atoms with Crippen molar-refractivity contribution in [2.75, 3.05) is 0 Å². The molecule has 0 radical (unpaired) electrons. The predicted octanol–water partition coefficient (Wildman–Crippen LogP) is 1.78. The zero-order valence-electron chi connectivity index (χ0n) is 10.2. The van der Waals surface area contributed by atoms with Crippen LogP contribution in [0, 0.1) is 3.57 Å². The highest BCUT2D eigenvalue weighted by Crippen LogP contribution is 2.24. The highest BCUT2D eigenvalue weighted by atomic mass is 127. The first-order valence-electron chi connectivity index (χ1n) is 5.91. The number of pyridine rings is 1. The number of benzene rings is 1. The van der Waals surface area contributed by atoms with Crippen LogP contribution in [0.15, 0.2) is 41.3 Å². The summed E-state index contributed by atoms with van der Waals surface area (Å²) in [5.74, 6) is -0.714. The number of H-pyrrole nitrogens is 1. The molecule has 1 aliphatic heterocycles. The van der Waals surface area contributed by atoms with E-state index in [1.807, 2.05) is 22.6 Å². The maximum atomic E-state index is 12.2. The number of nitrogens with zero attached hydrogens (tertiary/aromatic N) is 1. The zero-order chi connectivity index (χ0) is 14.3. The van der Waals surface area contributed by atoms with Gasteiger partial charge in [0.05, 0.1) is 23.2 Å². The maximum absolute atomic E-state index is 12.2. The number of carbonyl (C=O) groups is 2. The summed E-state index contributed by atoms with van der Waals surface area (Å²) in [7, 11) is 0. The van der Waals surface area contributed by atoms with Crippen molar-refractivity contribution in [1.29, 1.82) is 0 Å². The van der Waals surface area contributed by atoms with Gasteiger partial charge in [-0.1, -0.05) is 12.1 Å². The van der Waals surface area contributed by atoms with Crippen LogP contribution >= 0.6 is 22.6 Å². The molecule has 0 aliphatic carbocycles. The second-order valence-corrected chi connectivity index (χ2v) is 5.54. The summed E-state index contributed by atoms with van der Waals surface area (Å²) < 4.78 is 0.725. The highest BCUT2D eigenvalue weighted by Gasteiger charge is 2.35. The Labute approximate surface area is 127 Å². The molecule has 0 bridgehead atoms. The van der Waals surface area contributed by atoms with E-state index >= 15 is 0 Å². The molecular formula is C14H9IN2O3. The van der Waals surface area contributed by atoms with E-state index in [2.05, 4.69) is 4.98 Å². The molecule has 1 aromatic carbocycles. The summed E-state index contributed by atoms with van der Waals surface area (Å²) >= 11 is 2.02. The number of fused-ring (bicyclic) bond motifs is 1. The zero-order valence-corrected chi connectivity index (χ0v) is 12.4. The van der Waals surface area contributed by atoms with Crippen molar-refractivity contribution >= 4 is 34.4 Å². The normalized spacial score (nSPS) is 13.8. The molecule has 1 N–H and O–H groups in total. The summed E-state index contributed by atoms with van der Waals surface area (Å²) in [5.41, 5.74) is 0.913. The van der Waals surface area contributed by atoms with Crippen molar-refractivity contribution in [3.8, 4) is 0 Å². The standard InChI is InChI=1S/C14H9IN2O3/c15-11-5-6-16-12(18)10(11)7-17-13(19)8-3-1-2-4-9(8)14(17)20/h1-6H,7H2,(H,16,18). The van der Waals surface area contributed by atoms with E-state index in [0.29, 0.717) is 16.7 Å². The molecule has 0 saturated carbocycles. The van der Waals surface area contributed by atoms with E-state index in [0.717, 1.165) is 8.47 Å². The van der Waals surface area contributed by atoms with Gasteiger partial charge < -0.3 is 4.98 Å². The van der Waals surface area contributed by atoms with Crippen LogP contribution in [0.4, 0.5) is 0 Å². The first-order valence-corrected chi connectivity index (χ1v) is 6.99. The molecule has 1 aromatic heterocycles. The van der Waals surface area contributed by atoms with Crippen LogP contribution in [0.5, 0.6) is 0 Å². The topological polar surface area (TPSA) is 70.2 Å². The minimum atomic E-state index is -0.357. The molecule has 2 amide bonds. The number of nitrogens with one attached hydrogen (secondary N) is 1. The Bertz CT molecular complexity index is 747. The largest absolute Gasteiger partial charge is 0.329 e. The number of hydrogen-bond acceptors (Lipinski definition) is 3. The van der Waals surface area contributed by atoms with E-state index in [9.17, 15) is 14.4 Å². The lowest BCUT2D eigenvalue weighted by molar-refractivity contribution is 0.0641. The number of halogens is 1. The van der Waals surface area contributed by atoms with Crippen molar-refractivity contribution in [3.05, 3.63) is 67.1 Å². The van der Waals surface area contributed by atoms with Gasteiger partial charge in [0, 0.05) is 9.77 Å². The molecule has 2 heterocycles. The van der Waals surface area contributed by atoms with E-state index in [-0.39, 0.29) is 23.9 Å². The molecule has 0 atom stereocenters. The molecule has 0 unspecified atom stereocenters. The van der Waals surface area contributed by atoms with Crippen molar-refractivity contribution in [2.45, 2.75) is 6.54 Å². The lowest BCUT2D eigenvalue weighted by Gasteiger charge is -2.14. The Morgan fingerprint density at radius 1 is 1.00 bits per heavy atom. The van der Waals surface area contributed by atoms with Crippen LogP contribution in [0.1, 0.15) is 26.3 Å². The molecule has 1 aliphatic rings. The number of amides is 2. The fraction of sp³-hybridized carbons (Fsp3) is 0.0714. The third-order valence-corrected chi connectivity index (χ3v) is 4.21. The Morgan fingerprint density at radius 3 is 2.15 bits per heavy atom. The minimum Gasteiger partial charge on any atom is -0.329 e. The van der Waals surface area contributed by atoms with Crippen molar-refractivity contribution < 1.29 is 9.59 Å².